The van der Waals surface area contributed by atoms with Crippen LogP contribution in [0.2, 0.25) is 0 Å². The largest absolute Gasteiger partial charge is 0.369 e. The van der Waals surface area contributed by atoms with Gasteiger partial charge in [0.25, 0.3) is 0 Å². The summed E-state index contributed by atoms with van der Waals surface area (Å²) in [4.78, 5) is 21.3. The fraction of sp³-hybridized carbons (Fsp3) is 0.714. The molecule has 0 heterocycles. The van der Waals surface area contributed by atoms with Crippen molar-refractivity contribution in [2.45, 2.75) is 6.42 Å². The number of hydrogen-bond acceptors (Lipinski definition) is 2. The molecule has 2 amide bonds. The monoisotopic (exact) mass is 154 g/mol. The molecule has 3 saturated carbocycles. The van der Waals surface area contributed by atoms with E-state index in [1.54, 1.807) is 0 Å². The maximum atomic E-state index is 10.7. The highest BCUT2D eigenvalue weighted by molar-refractivity contribution is 5.87. The highest BCUT2D eigenvalue weighted by Crippen LogP contribution is 2.62. The van der Waals surface area contributed by atoms with Crippen LogP contribution in [0.25, 0.3) is 0 Å². The van der Waals surface area contributed by atoms with Gasteiger partial charge in [-0.1, -0.05) is 0 Å². The Labute approximate surface area is 63.9 Å². The summed E-state index contributed by atoms with van der Waals surface area (Å²) >= 11 is 0. The van der Waals surface area contributed by atoms with Gasteiger partial charge in [-0.25, -0.2) is 0 Å². The Kier molecular flexibility index (Phi) is 1.06. The molecule has 60 valence electrons. The van der Waals surface area contributed by atoms with Crippen LogP contribution in [-0.2, 0) is 9.59 Å². The van der Waals surface area contributed by atoms with Crippen LogP contribution in [0.3, 0.4) is 0 Å². The molecule has 2 bridgehead atoms. The zero-order valence-electron chi connectivity index (χ0n) is 5.99. The van der Waals surface area contributed by atoms with Crippen molar-refractivity contribution in [3.05, 3.63) is 0 Å². The predicted molar refractivity (Wildman–Crippen MR) is 37.0 cm³/mol. The van der Waals surface area contributed by atoms with Gasteiger partial charge in [-0.2, -0.15) is 0 Å². The number of rotatable bonds is 2. The van der Waals surface area contributed by atoms with Gasteiger partial charge >= 0.3 is 0 Å². The van der Waals surface area contributed by atoms with E-state index in [4.69, 9.17) is 11.5 Å². The molecular weight excluding hydrogens is 144 g/mol. The van der Waals surface area contributed by atoms with Crippen molar-refractivity contribution in [1.29, 1.82) is 0 Å². The average molecular weight is 154 g/mol. The summed E-state index contributed by atoms with van der Waals surface area (Å²) in [5.74, 6) is -0.294. The summed E-state index contributed by atoms with van der Waals surface area (Å²) in [5.41, 5.74) is 10.2. The average Bonchev–Trinajstić information content (AvgIpc) is 1.49. The predicted octanol–water partition coefficient (Wildman–Crippen LogP) is -1.16. The van der Waals surface area contributed by atoms with E-state index in [-0.39, 0.29) is 35.5 Å². The van der Waals surface area contributed by atoms with Crippen LogP contribution in [-0.4, -0.2) is 11.8 Å². The van der Waals surface area contributed by atoms with Gasteiger partial charge in [-0.05, 0) is 18.3 Å². The number of amides is 2. The summed E-state index contributed by atoms with van der Waals surface area (Å²) < 4.78 is 0. The molecule has 4 heteroatoms. The first-order chi connectivity index (χ1) is 5.13. The van der Waals surface area contributed by atoms with E-state index in [9.17, 15) is 9.59 Å². The third kappa shape index (κ3) is 0.593. The van der Waals surface area contributed by atoms with Crippen molar-refractivity contribution in [3.63, 3.8) is 0 Å². The van der Waals surface area contributed by atoms with Crippen LogP contribution < -0.4 is 11.5 Å². The van der Waals surface area contributed by atoms with E-state index < -0.39 is 0 Å². The molecule has 0 aromatic heterocycles. The van der Waals surface area contributed by atoms with Crippen LogP contribution >= 0.6 is 0 Å². The van der Waals surface area contributed by atoms with Crippen LogP contribution in [0.1, 0.15) is 6.42 Å². The van der Waals surface area contributed by atoms with Crippen molar-refractivity contribution in [2.75, 3.05) is 0 Å². The van der Waals surface area contributed by atoms with Crippen LogP contribution in [0.15, 0.2) is 0 Å². The van der Waals surface area contributed by atoms with Crippen molar-refractivity contribution >= 4 is 11.8 Å². The fourth-order valence-electron chi connectivity index (χ4n) is 2.29. The Morgan fingerprint density at radius 1 is 1.00 bits per heavy atom. The minimum atomic E-state index is -0.274. The summed E-state index contributed by atoms with van der Waals surface area (Å²) in [6.45, 7) is 0. The zero-order valence-corrected chi connectivity index (χ0v) is 5.99. The Hall–Kier alpha value is -1.06. The molecule has 3 aliphatic rings. The fourth-order valence-corrected chi connectivity index (χ4v) is 2.29. The van der Waals surface area contributed by atoms with Gasteiger partial charge in [0.05, 0.1) is 0 Å². The van der Waals surface area contributed by atoms with Crippen LogP contribution in [0.4, 0.5) is 0 Å². The van der Waals surface area contributed by atoms with Gasteiger partial charge in [0.15, 0.2) is 0 Å². The van der Waals surface area contributed by atoms with Crippen molar-refractivity contribution in [3.8, 4) is 0 Å². The standard InChI is InChI=1S/C7H10N2O2/c8-6(10)4-2-1-3(4)5(2)7(9)11/h2-5H,1H2,(H2,8,10)(H2,9,11). The molecule has 11 heavy (non-hydrogen) atoms. The SMILES string of the molecule is NC(=O)C1C2CC1C2C(N)=O. The minimum Gasteiger partial charge on any atom is -0.369 e. The van der Waals surface area contributed by atoms with Gasteiger partial charge in [0, 0.05) is 11.8 Å². The lowest BCUT2D eigenvalue weighted by atomic mass is 9.41. The maximum absolute atomic E-state index is 10.7. The van der Waals surface area contributed by atoms with E-state index >= 15 is 0 Å². The highest BCUT2D eigenvalue weighted by Gasteiger charge is 2.65. The lowest BCUT2D eigenvalue weighted by Crippen LogP contribution is -2.67. The maximum Gasteiger partial charge on any atom is 0.221 e. The highest BCUT2D eigenvalue weighted by atomic mass is 16.2. The molecule has 4 N–H and O–H groups in total. The van der Waals surface area contributed by atoms with Crippen molar-refractivity contribution in [2.24, 2.45) is 35.1 Å². The Morgan fingerprint density at radius 2 is 1.36 bits per heavy atom. The summed E-state index contributed by atoms with van der Waals surface area (Å²) in [6.07, 6.45) is 0.960. The first-order valence-corrected chi connectivity index (χ1v) is 3.71. The van der Waals surface area contributed by atoms with Gasteiger partial charge in [0.1, 0.15) is 0 Å². The Balaban J connectivity index is 2.02. The van der Waals surface area contributed by atoms with Crippen molar-refractivity contribution in [1.82, 2.24) is 0 Å². The molecule has 3 aliphatic carbocycles. The van der Waals surface area contributed by atoms with Gasteiger partial charge in [0.2, 0.25) is 11.8 Å². The first kappa shape index (κ1) is 6.64. The molecule has 0 unspecified atom stereocenters. The van der Waals surface area contributed by atoms with Crippen molar-refractivity contribution < 1.29 is 9.59 Å². The molecular formula is C7H10N2O2. The van der Waals surface area contributed by atoms with E-state index in [0.717, 1.165) is 6.42 Å². The molecule has 3 fully saturated rings. The molecule has 0 aromatic carbocycles. The van der Waals surface area contributed by atoms with Gasteiger partial charge in [-0.3, -0.25) is 9.59 Å². The van der Waals surface area contributed by atoms with Crippen LogP contribution in [0.5, 0.6) is 0 Å². The quantitative estimate of drug-likeness (QED) is 0.525. The molecule has 0 aliphatic heterocycles. The zero-order chi connectivity index (χ0) is 8.17. The summed E-state index contributed by atoms with van der Waals surface area (Å²) in [6, 6.07) is 0. The molecule has 0 atom stereocenters. The molecule has 0 spiro atoms. The van der Waals surface area contributed by atoms with E-state index in [1.807, 2.05) is 0 Å². The second-order valence-corrected chi connectivity index (χ2v) is 3.42. The number of carbonyl (C=O) groups is 2. The molecule has 0 saturated heterocycles. The van der Waals surface area contributed by atoms with Crippen LogP contribution in [0, 0.1) is 23.7 Å². The smallest absolute Gasteiger partial charge is 0.221 e. The van der Waals surface area contributed by atoms with Gasteiger partial charge in [-0.15, -0.1) is 0 Å². The second-order valence-electron chi connectivity index (χ2n) is 3.42. The van der Waals surface area contributed by atoms with Gasteiger partial charge < -0.3 is 11.5 Å². The lowest BCUT2D eigenvalue weighted by molar-refractivity contribution is -0.183. The van der Waals surface area contributed by atoms with E-state index in [1.165, 1.54) is 0 Å². The molecule has 3 rings (SSSR count). The third-order valence-electron chi connectivity index (χ3n) is 3.05. The Morgan fingerprint density at radius 3 is 1.55 bits per heavy atom. The number of nitrogens with two attached hydrogens (primary N) is 2. The first-order valence-electron chi connectivity index (χ1n) is 3.71. The molecule has 0 radical (unpaired) electrons. The topological polar surface area (TPSA) is 86.2 Å². The second kappa shape index (κ2) is 1.75. The number of hydrogen-bond donors (Lipinski definition) is 2. The molecule has 0 aromatic rings. The van der Waals surface area contributed by atoms with E-state index in [0.29, 0.717) is 0 Å². The summed E-state index contributed by atoms with van der Waals surface area (Å²) in [5, 5.41) is 0. The minimum absolute atomic E-state index is 0.0486. The summed E-state index contributed by atoms with van der Waals surface area (Å²) in [7, 11) is 0. The number of primary amides is 2. The molecule has 4 nitrogen and oxygen atoms in total. The van der Waals surface area contributed by atoms with E-state index in [2.05, 4.69) is 0 Å². The number of carbonyl (C=O) groups excluding carboxylic acids is 2. The Bertz CT molecular complexity index is 207. The lowest BCUT2D eigenvalue weighted by Gasteiger charge is -2.61. The third-order valence-corrected chi connectivity index (χ3v) is 3.05. The normalized spacial score (nSPS) is 45.5.